The summed E-state index contributed by atoms with van der Waals surface area (Å²) in [5.41, 5.74) is 2.48. The van der Waals surface area contributed by atoms with Gasteiger partial charge in [-0.2, -0.15) is 4.72 Å². The van der Waals surface area contributed by atoms with Crippen LogP contribution in [0.1, 0.15) is 38.8 Å². The number of carbonyl (C=O) groups is 2. The number of nitrogens with zero attached hydrogens (tertiary/aromatic N) is 1. The Hall–Kier alpha value is -2.71. The monoisotopic (exact) mass is 443 g/mol. The number of nitrogens with one attached hydrogen (secondary N) is 2. The van der Waals surface area contributed by atoms with Crippen molar-refractivity contribution in [1.29, 1.82) is 0 Å². The van der Waals surface area contributed by atoms with Crippen molar-refractivity contribution in [1.82, 2.24) is 10.0 Å². The first-order valence-electron chi connectivity index (χ1n) is 10.4. The number of benzene rings is 2. The second-order valence-electron chi connectivity index (χ2n) is 8.28. The van der Waals surface area contributed by atoms with Crippen LogP contribution in [-0.2, 0) is 32.6 Å². The quantitative estimate of drug-likeness (QED) is 0.688. The summed E-state index contributed by atoms with van der Waals surface area (Å²) in [7, 11) is -3.92. The van der Waals surface area contributed by atoms with E-state index in [-0.39, 0.29) is 28.7 Å². The first kappa shape index (κ1) is 23.0. The van der Waals surface area contributed by atoms with Gasteiger partial charge in [-0.15, -0.1) is 0 Å². The lowest BCUT2D eigenvalue weighted by Crippen LogP contribution is -2.49. The standard InChI is InChI=1S/C23H29N3O4S/c1-15(2)22(23(28)24-14-18-8-6-5-7-9-18)25-31(29,30)20-10-11-21-19(13-20)12-16(3)26(21)17(4)27/h5-11,13,15-16,22,25H,12,14H2,1-4H3,(H,24,28)/t16-,22-/m1/s1. The molecular weight excluding hydrogens is 414 g/mol. The largest absolute Gasteiger partial charge is 0.351 e. The zero-order valence-electron chi connectivity index (χ0n) is 18.3. The minimum atomic E-state index is -3.92. The molecule has 7 nitrogen and oxygen atoms in total. The molecule has 2 aromatic carbocycles. The SMILES string of the molecule is CC(=O)N1c2ccc(S(=O)(=O)N[C@@H](C(=O)NCc3ccccc3)C(C)C)cc2C[C@H]1C. The summed E-state index contributed by atoms with van der Waals surface area (Å²) in [6, 6.07) is 13.2. The van der Waals surface area contributed by atoms with Gasteiger partial charge in [-0.3, -0.25) is 9.59 Å². The van der Waals surface area contributed by atoms with Gasteiger partial charge in [-0.05, 0) is 48.6 Å². The molecule has 1 aliphatic heterocycles. The molecule has 31 heavy (non-hydrogen) atoms. The normalized spacial score (nSPS) is 16.8. The number of hydrogen-bond acceptors (Lipinski definition) is 4. The number of sulfonamides is 1. The Morgan fingerprint density at radius 2 is 1.81 bits per heavy atom. The topological polar surface area (TPSA) is 95.6 Å². The third-order valence-corrected chi connectivity index (χ3v) is 6.90. The molecule has 8 heteroatoms. The van der Waals surface area contributed by atoms with Crippen LogP contribution in [0.15, 0.2) is 53.4 Å². The van der Waals surface area contributed by atoms with Gasteiger partial charge in [-0.1, -0.05) is 44.2 Å². The smallest absolute Gasteiger partial charge is 0.241 e. The van der Waals surface area contributed by atoms with Gasteiger partial charge >= 0.3 is 0 Å². The van der Waals surface area contributed by atoms with Crippen molar-refractivity contribution < 1.29 is 18.0 Å². The number of amides is 2. The van der Waals surface area contributed by atoms with Crippen LogP contribution in [0.25, 0.3) is 0 Å². The van der Waals surface area contributed by atoms with E-state index in [0.717, 1.165) is 16.8 Å². The summed E-state index contributed by atoms with van der Waals surface area (Å²) < 4.78 is 28.7. The minimum Gasteiger partial charge on any atom is -0.351 e. The van der Waals surface area contributed by atoms with Crippen LogP contribution in [0.5, 0.6) is 0 Å². The second kappa shape index (κ2) is 9.20. The number of rotatable bonds is 7. The van der Waals surface area contributed by atoms with Crippen LogP contribution in [0, 0.1) is 5.92 Å². The molecule has 0 saturated heterocycles. The van der Waals surface area contributed by atoms with Crippen LogP contribution in [0.3, 0.4) is 0 Å². The third-order valence-electron chi connectivity index (χ3n) is 5.46. The Balaban J connectivity index is 1.77. The Morgan fingerprint density at radius 1 is 1.13 bits per heavy atom. The minimum absolute atomic E-state index is 0.0226. The summed E-state index contributed by atoms with van der Waals surface area (Å²) in [5.74, 6) is -0.692. The highest BCUT2D eigenvalue weighted by Crippen LogP contribution is 2.34. The van der Waals surface area contributed by atoms with E-state index >= 15 is 0 Å². The van der Waals surface area contributed by atoms with E-state index in [0.29, 0.717) is 13.0 Å². The van der Waals surface area contributed by atoms with Crippen LogP contribution < -0.4 is 14.9 Å². The average Bonchev–Trinajstić information content (AvgIpc) is 3.06. The molecular formula is C23H29N3O4S. The van der Waals surface area contributed by atoms with Gasteiger partial charge < -0.3 is 10.2 Å². The van der Waals surface area contributed by atoms with Gasteiger partial charge in [0, 0.05) is 25.2 Å². The van der Waals surface area contributed by atoms with Crippen molar-refractivity contribution in [2.45, 2.75) is 57.6 Å². The zero-order valence-corrected chi connectivity index (χ0v) is 19.1. The molecule has 0 unspecified atom stereocenters. The van der Waals surface area contributed by atoms with Crippen molar-refractivity contribution in [3.63, 3.8) is 0 Å². The molecule has 166 valence electrons. The molecule has 2 aromatic rings. The maximum atomic E-state index is 13.1. The maximum absolute atomic E-state index is 13.1. The molecule has 1 heterocycles. The van der Waals surface area contributed by atoms with E-state index in [1.165, 1.54) is 13.0 Å². The molecule has 0 fully saturated rings. The third kappa shape index (κ3) is 5.14. The van der Waals surface area contributed by atoms with Gasteiger partial charge in [0.05, 0.1) is 4.90 Å². The lowest BCUT2D eigenvalue weighted by molar-refractivity contribution is -0.123. The highest BCUT2D eigenvalue weighted by atomic mass is 32.2. The van der Waals surface area contributed by atoms with Crippen LogP contribution in [0.4, 0.5) is 5.69 Å². The van der Waals surface area contributed by atoms with E-state index in [2.05, 4.69) is 10.0 Å². The molecule has 2 atom stereocenters. The van der Waals surface area contributed by atoms with E-state index in [1.54, 1.807) is 30.9 Å². The van der Waals surface area contributed by atoms with Gasteiger partial charge in [-0.25, -0.2) is 8.42 Å². The van der Waals surface area contributed by atoms with Crippen molar-refractivity contribution >= 4 is 27.5 Å². The van der Waals surface area contributed by atoms with Gasteiger partial charge in [0.2, 0.25) is 21.8 Å². The highest BCUT2D eigenvalue weighted by molar-refractivity contribution is 7.89. The van der Waals surface area contributed by atoms with Crippen molar-refractivity contribution in [3.05, 3.63) is 59.7 Å². The Labute approximate surface area is 183 Å². The fourth-order valence-corrected chi connectivity index (χ4v) is 5.27. The fraction of sp³-hybridized carbons (Fsp3) is 0.391. The van der Waals surface area contributed by atoms with Crippen molar-refractivity contribution in [2.24, 2.45) is 5.92 Å². The van der Waals surface area contributed by atoms with Gasteiger partial charge in [0.15, 0.2) is 0 Å². The van der Waals surface area contributed by atoms with Crippen molar-refractivity contribution in [3.8, 4) is 0 Å². The predicted molar refractivity (Wildman–Crippen MR) is 120 cm³/mol. The van der Waals surface area contributed by atoms with Crippen LogP contribution >= 0.6 is 0 Å². The molecule has 0 aliphatic carbocycles. The first-order valence-corrected chi connectivity index (χ1v) is 11.8. The fourth-order valence-electron chi connectivity index (χ4n) is 3.88. The molecule has 3 rings (SSSR count). The molecule has 1 aliphatic rings. The summed E-state index contributed by atoms with van der Waals surface area (Å²) in [6.45, 7) is 7.34. The Bertz CT molecular complexity index is 1070. The lowest BCUT2D eigenvalue weighted by Gasteiger charge is -2.22. The summed E-state index contributed by atoms with van der Waals surface area (Å²) in [6.07, 6.45) is 0.587. The number of anilines is 1. The van der Waals surface area contributed by atoms with Gasteiger partial charge in [0.1, 0.15) is 6.04 Å². The molecule has 2 amide bonds. The predicted octanol–water partition coefficient (Wildman–Crippen LogP) is 2.60. The van der Waals surface area contributed by atoms with E-state index in [1.807, 2.05) is 37.3 Å². The molecule has 0 spiro atoms. The number of carbonyl (C=O) groups excluding carboxylic acids is 2. The molecule has 0 radical (unpaired) electrons. The molecule has 2 N–H and O–H groups in total. The summed E-state index contributed by atoms with van der Waals surface area (Å²) >= 11 is 0. The van der Waals surface area contributed by atoms with Crippen LogP contribution in [-0.4, -0.2) is 32.3 Å². The van der Waals surface area contributed by atoms with E-state index < -0.39 is 16.1 Å². The highest BCUT2D eigenvalue weighted by Gasteiger charge is 2.32. The number of hydrogen-bond donors (Lipinski definition) is 2. The second-order valence-corrected chi connectivity index (χ2v) is 9.99. The lowest BCUT2D eigenvalue weighted by atomic mass is 10.0. The van der Waals surface area contributed by atoms with Crippen molar-refractivity contribution in [2.75, 3.05) is 4.90 Å². The first-order chi connectivity index (χ1) is 14.6. The molecule has 0 bridgehead atoms. The zero-order chi connectivity index (χ0) is 22.8. The van der Waals surface area contributed by atoms with Crippen LogP contribution in [0.2, 0.25) is 0 Å². The molecule has 0 aromatic heterocycles. The number of fused-ring (bicyclic) bond motifs is 1. The summed E-state index contributed by atoms with van der Waals surface area (Å²) in [5, 5.41) is 2.81. The van der Waals surface area contributed by atoms with Gasteiger partial charge in [0.25, 0.3) is 0 Å². The summed E-state index contributed by atoms with van der Waals surface area (Å²) in [4.78, 5) is 26.4. The average molecular weight is 444 g/mol. The molecule has 0 saturated carbocycles. The Kier molecular flexibility index (Phi) is 6.81. The maximum Gasteiger partial charge on any atom is 0.241 e. The Morgan fingerprint density at radius 3 is 2.42 bits per heavy atom. The van der Waals surface area contributed by atoms with E-state index in [9.17, 15) is 18.0 Å². The van der Waals surface area contributed by atoms with E-state index in [4.69, 9.17) is 0 Å².